The molecule has 1 aromatic carbocycles. The molecule has 0 spiro atoms. The number of benzene rings is 1. The second-order valence-corrected chi connectivity index (χ2v) is 4.34. The second-order valence-electron chi connectivity index (χ2n) is 2.84. The first-order chi connectivity index (χ1) is 7.15. The molecule has 0 radical (unpaired) electrons. The topological polar surface area (TPSA) is 37.3 Å². The average molecular weight is 287 g/mol. The maximum atomic E-state index is 11.1. The minimum atomic E-state index is -2.00. The van der Waals surface area contributed by atoms with E-state index in [1.807, 2.05) is 6.07 Å². The molecule has 0 saturated carbocycles. The van der Waals surface area contributed by atoms with E-state index in [0.717, 1.165) is 11.1 Å². The summed E-state index contributed by atoms with van der Waals surface area (Å²) in [5.74, 6) is 0. The van der Waals surface area contributed by atoms with Crippen molar-refractivity contribution in [2.45, 2.75) is 10.2 Å². The highest BCUT2D eigenvalue weighted by Gasteiger charge is 2.11. The van der Waals surface area contributed by atoms with Crippen LogP contribution in [0.25, 0.3) is 12.2 Å². The number of hydrogen-bond acceptors (Lipinski definition) is 1. The van der Waals surface area contributed by atoms with Crippen LogP contribution in [-0.4, -0.2) is 8.76 Å². The Morgan fingerprint density at radius 3 is 2.33 bits per heavy atom. The van der Waals surface area contributed by atoms with Gasteiger partial charge in [-0.2, -0.15) is 0 Å². The molecule has 0 fully saturated rings. The Labute approximate surface area is 100 Å². The lowest BCUT2D eigenvalue weighted by Crippen LogP contribution is -1.98. The van der Waals surface area contributed by atoms with Gasteiger partial charge in [-0.15, -0.1) is 0 Å². The first-order valence-corrected chi connectivity index (χ1v) is 6.46. The van der Waals surface area contributed by atoms with Gasteiger partial charge in [-0.1, -0.05) is 47.3 Å². The molecular weight excluding hydrogens is 276 g/mol. The van der Waals surface area contributed by atoms with Crippen LogP contribution >= 0.6 is 15.9 Å². The van der Waals surface area contributed by atoms with Crippen molar-refractivity contribution in [3.63, 3.8) is 0 Å². The molecule has 0 aliphatic heterocycles. The summed E-state index contributed by atoms with van der Waals surface area (Å²) in [5.41, 5.74) is 2.54. The zero-order valence-electron chi connectivity index (χ0n) is 8.07. The fraction of sp³-hybridized carbons (Fsp3) is 0.0909. The summed E-state index contributed by atoms with van der Waals surface area (Å²) in [6.45, 7) is 7.35. The first-order valence-electron chi connectivity index (χ1n) is 4.23. The molecule has 0 amide bonds. The third kappa shape index (κ3) is 2.45. The zero-order chi connectivity index (χ0) is 11.4. The molecule has 0 saturated heterocycles. The zero-order valence-corrected chi connectivity index (χ0v) is 10.5. The minimum absolute atomic E-state index is 0.365. The van der Waals surface area contributed by atoms with E-state index in [1.165, 1.54) is 0 Å². The van der Waals surface area contributed by atoms with Crippen molar-refractivity contribution in [2.75, 3.05) is 0 Å². The molecule has 0 aromatic heterocycles. The van der Waals surface area contributed by atoms with Crippen LogP contribution in [0.15, 0.2) is 30.2 Å². The summed E-state index contributed by atoms with van der Waals surface area (Å²) in [4.78, 5) is 0.365. The minimum Gasteiger partial charge on any atom is -0.302 e. The van der Waals surface area contributed by atoms with E-state index in [1.54, 1.807) is 18.2 Å². The van der Waals surface area contributed by atoms with E-state index in [-0.39, 0.29) is 0 Å². The van der Waals surface area contributed by atoms with Crippen LogP contribution in [0, 0.1) is 0 Å². The Morgan fingerprint density at radius 1 is 1.33 bits per heavy atom. The summed E-state index contributed by atoms with van der Waals surface area (Å²) in [5, 5.41) is 0.674. The Kier molecular flexibility index (Phi) is 4.45. The molecule has 1 atom stereocenters. The molecule has 1 N–H and O–H groups in total. The lowest BCUT2D eigenvalue weighted by molar-refractivity contribution is 0.564. The highest BCUT2D eigenvalue weighted by molar-refractivity contribution is 9.08. The lowest BCUT2D eigenvalue weighted by Gasteiger charge is -2.10. The monoisotopic (exact) mass is 286 g/mol. The molecule has 0 heterocycles. The molecule has 0 aliphatic carbocycles. The average Bonchev–Trinajstić information content (AvgIpc) is 2.26. The molecule has 0 bridgehead atoms. The fourth-order valence-electron chi connectivity index (χ4n) is 1.38. The lowest BCUT2D eigenvalue weighted by atomic mass is 10.0. The van der Waals surface area contributed by atoms with Gasteiger partial charge in [-0.05, 0) is 22.8 Å². The quantitative estimate of drug-likeness (QED) is 0.680. The Hall–Kier alpha value is -0.710. The third-order valence-electron chi connectivity index (χ3n) is 2.08. The Bertz CT molecular complexity index is 427. The van der Waals surface area contributed by atoms with E-state index < -0.39 is 11.1 Å². The molecule has 1 unspecified atom stereocenters. The van der Waals surface area contributed by atoms with E-state index >= 15 is 0 Å². The number of rotatable bonds is 4. The van der Waals surface area contributed by atoms with Gasteiger partial charge in [0.1, 0.15) is 0 Å². The standard InChI is InChI=1S/C11H11BrO2S/c1-3-9-8(7-12)5-6-11(15(13)14)10(9)4-2/h3-6H,1-2,7H2,(H,13,14). The van der Waals surface area contributed by atoms with Crippen molar-refractivity contribution in [3.05, 3.63) is 42.0 Å². The van der Waals surface area contributed by atoms with Crippen LogP contribution in [0.3, 0.4) is 0 Å². The smallest absolute Gasteiger partial charge is 0.187 e. The van der Waals surface area contributed by atoms with Gasteiger partial charge in [-0.25, -0.2) is 4.21 Å². The molecule has 1 rings (SSSR count). The fourth-order valence-corrected chi connectivity index (χ4v) is 2.44. The van der Waals surface area contributed by atoms with Gasteiger partial charge in [0.05, 0.1) is 4.90 Å². The van der Waals surface area contributed by atoms with Crippen LogP contribution in [0.2, 0.25) is 0 Å². The number of hydrogen-bond donors (Lipinski definition) is 1. The van der Waals surface area contributed by atoms with Crippen molar-refractivity contribution < 1.29 is 8.76 Å². The van der Waals surface area contributed by atoms with Crippen molar-refractivity contribution in [2.24, 2.45) is 0 Å². The van der Waals surface area contributed by atoms with Crippen LogP contribution in [-0.2, 0) is 16.4 Å². The van der Waals surface area contributed by atoms with Crippen LogP contribution < -0.4 is 0 Å². The van der Waals surface area contributed by atoms with Gasteiger partial charge < -0.3 is 4.55 Å². The highest BCUT2D eigenvalue weighted by atomic mass is 79.9. The molecular formula is C11H11BrO2S. The molecule has 2 nitrogen and oxygen atoms in total. The largest absolute Gasteiger partial charge is 0.302 e. The second kappa shape index (κ2) is 5.39. The summed E-state index contributed by atoms with van der Waals surface area (Å²) in [6, 6.07) is 3.44. The van der Waals surface area contributed by atoms with Crippen LogP contribution in [0.4, 0.5) is 0 Å². The van der Waals surface area contributed by atoms with Gasteiger partial charge >= 0.3 is 0 Å². The summed E-state index contributed by atoms with van der Waals surface area (Å²) >= 11 is 1.36. The highest BCUT2D eigenvalue weighted by Crippen LogP contribution is 2.25. The molecule has 15 heavy (non-hydrogen) atoms. The predicted molar refractivity (Wildman–Crippen MR) is 68.3 cm³/mol. The SMILES string of the molecule is C=Cc1c(CBr)ccc(S(=O)O)c1C=C. The van der Waals surface area contributed by atoms with Crippen molar-refractivity contribution in [1.82, 2.24) is 0 Å². The van der Waals surface area contributed by atoms with E-state index in [4.69, 9.17) is 4.55 Å². The third-order valence-corrected chi connectivity index (χ3v) is 3.41. The summed E-state index contributed by atoms with van der Waals surface area (Å²) < 4.78 is 20.2. The van der Waals surface area contributed by atoms with Gasteiger partial charge in [0.25, 0.3) is 0 Å². The summed E-state index contributed by atoms with van der Waals surface area (Å²) in [6.07, 6.45) is 3.25. The molecule has 0 aliphatic rings. The summed E-state index contributed by atoms with van der Waals surface area (Å²) in [7, 11) is 0. The maximum Gasteiger partial charge on any atom is 0.187 e. The van der Waals surface area contributed by atoms with E-state index in [9.17, 15) is 4.21 Å². The van der Waals surface area contributed by atoms with Gasteiger partial charge in [0.2, 0.25) is 0 Å². The first kappa shape index (κ1) is 12.4. The normalized spacial score (nSPS) is 12.1. The van der Waals surface area contributed by atoms with Crippen molar-refractivity contribution in [1.29, 1.82) is 0 Å². The van der Waals surface area contributed by atoms with Crippen LogP contribution in [0.5, 0.6) is 0 Å². The van der Waals surface area contributed by atoms with Gasteiger partial charge in [0, 0.05) is 5.33 Å². The molecule has 80 valence electrons. The predicted octanol–water partition coefficient (Wildman–Crippen LogP) is 3.45. The Balaban J connectivity index is 3.54. The van der Waals surface area contributed by atoms with Crippen molar-refractivity contribution in [3.8, 4) is 0 Å². The number of alkyl halides is 1. The molecule has 4 heteroatoms. The maximum absolute atomic E-state index is 11.1. The van der Waals surface area contributed by atoms with Gasteiger partial charge in [0.15, 0.2) is 11.1 Å². The van der Waals surface area contributed by atoms with Crippen LogP contribution in [0.1, 0.15) is 16.7 Å². The molecule has 1 aromatic rings. The Morgan fingerprint density at radius 2 is 1.93 bits per heavy atom. The number of halogens is 1. The van der Waals surface area contributed by atoms with Crippen molar-refractivity contribution >= 4 is 39.2 Å². The van der Waals surface area contributed by atoms with E-state index in [0.29, 0.717) is 15.8 Å². The van der Waals surface area contributed by atoms with Gasteiger partial charge in [-0.3, -0.25) is 0 Å². The van der Waals surface area contributed by atoms with E-state index in [2.05, 4.69) is 29.1 Å².